The first kappa shape index (κ1) is 13.5. The first-order chi connectivity index (χ1) is 8.90. The number of benzene rings is 1. The standard InChI is InChI=1S/C14H18FN3O/c1-8(16)11-5-6-13(12(15)7-11)19-14-9(2)17-18(4)10(14)3/h5-8H,16H2,1-4H3. The molecule has 0 aliphatic rings. The van der Waals surface area contributed by atoms with E-state index in [4.69, 9.17) is 10.5 Å². The van der Waals surface area contributed by atoms with Crippen LogP contribution >= 0.6 is 0 Å². The number of aryl methyl sites for hydroxylation is 2. The average molecular weight is 263 g/mol. The monoisotopic (exact) mass is 263 g/mol. The van der Waals surface area contributed by atoms with Crippen molar-refractivity contribution in [1.29, 1.82) is 0 Å². The summed E-state index contributed by atoms with van der Waals surface area (Å²) in [6.07, 6.45) is 0. The molecule has 1 aromatic carbocycles. The average Bonchev–Trinajstić information content (AvgIpc) is 2.58. The van der Waals surface area contributed by atoms with Gasteiger partial charge in [0.05, 0.1) is 5.69 Å². The van der Waals surface area contributed by atoms with Gasteiger partial charge in [-0.15, -0.1) is 0 Å². The molecule has 2 aromatic rings. The van der Waals surface area contributed by atoms with E-state index in [0.717, 1.165) is 17.0 Å². The molecule has 0 radical (unpaired) electrons. The van der Waals surface area contributed by atoms with Crippen molar-refractivity contribution in [3.8, 4) is 11.5 Å². The Kier molecular flexibility index (Phi) is 3.57. The zero-order valence-electron chi connectivity index (χ0n) is 11.6. The molecule has 102 valence electrons. The van der Waals surface area contributed by atoms with Crippen molar-refractivity contribution in [3.63, 3.8) is 0 Å². The summed E-state index contributed by atoms with van der Waals surface area (Å²) >= 11 is 0. The number of aromatic nitrogens is 2. The molecule has 4 nitrogen and oxygen atoms in total. The first-order valence-electron chi connectivity index (χ1n) is 6.13. The summed E-state index contributed by atoms with van der Waals surface area (Å²) in [4.78, 5) is 0. The van der Waals surface area contributed by atoms with Crippen LogP contribution < -0.4 is 10.5 Å². The van der Waals surface area contributed by atoms with Gasteiger partial charge in [-0.25, -0.2) is 4.39 Å². The topological polar surface area (TPSA) is 53.1 Å². The molecule has 0 bridgehead atoms. The van der Waals surface area contributed by atoms with E-state index in [0.29, 0.717) is 5.75 Å². The Hall–Kier alpha value is -1.88. The van der Waals surface area contributed by atoms with Crippen LogP contribution in [-0.2, 0) is 7.05 Å². The van der Waals surface area contributed by atoms with E-state index in [1.165, 1.54) is 6.07 Å². The summed E-state index contributed by atoms with van der Waals surface area (Å²) in [6.45, 7) is 5.52. The fraction of sp³-hybridized carbons (Fsp3) is 0.357. The first-order valence-corrected chi connectivity index (χ1v) is 6.13. The number of halogens is 1. The number of nitrogens with two attached hydrogens (primary N) is 1. The zero-order valence-corrected chi connectivity index (χ0v) is 11.6. The van der Waals surface area contributed by atoms with Crippen molar-refractivity contribution in [3.05, 3.63) is 41.0 Å². The van der Waals surface area contributed by atoms with Crippen LogP contribution in [-0.4, -0.2) is 9.78 Å². The molecule has 5 heteroatoms. The molecular weight excluding hydrogens is 245 g/mol. The van der Waals surface area contributed by atoms with Crippen molar-refractivity contribution in [2.45, 2.75) is 26.8 Å². The van der Waals surface area contributed by atoms with Gasteiger partial charge < -0.3 is 10.5 Å². The molecule has 2 N–H and O–H groups in total. The summed E-state index contributed by atoms with van der Waals surface area (Å²) in [7, 11) is 1.82. The fourth-order valence-corrected chi connectivity index (χ4v) is 1.89. The van der Waals surface area contributed by atoms with Crippen molar-refractivity contribution in [2.24, 2.45) is 12.8 Å². The highest BCUT2D eigenvalue weighted by Crippen LogP contribution is 2.30. The van der Waals surface area contributed by atoms with Crippen LogP contribution in [0.15, 0.2) is 18.2 Å². The maximum atomic E-state index is 14.0. The molecule has 0 amide bonds. The number of hydrogen-bond donors (Lipinski definition) is 1. The molecule has 0 aliphatic heterocycles. The molecule has 0 saturated heterocycles. The van der Waals surface area contributed by atoms with E-state index in [-0.39, 0.29) is 11.8 Å². The van der Waals surface area contributed by atoms with Gasteiger partial charge >= 0.3 is 0 Å². The lowest BCUT2D eigenvalue weighted by molar-refractivity contribution is 0.435. The predicted molar refractivity (Wildman–Crippen MR) is 71.8 cm³/mol. The van der Waals surface area contributed by atoms with Crippen molar-refractivity contribution in [1.82, 2.24) is 9.78 Å². The number of hydrogen-bond acceptors (Lipinski definition) is 3. The van der Waals surface area contributed by atoms with Gasteiger partial charge in [-0.05, 0) is 38.5 Å². The molecule has 1 unspecified atom stereocenters. The van der Waals surface area contributed by atoms with Gasteiger partial charge in [0.25, 0.3) is 0 Å². The summed E-state index contributed by atoms with van der Waals surface area (Å²) < 4.78 is 21.3. The van der Waals surface area contributed by atoms with E-state index < -0.39 is 5.82 Å². The Morgan fingerprint density at radius 1 is 1.37 bits per heavy atom. The molecular formula is C14H18FN3O. The second-order valence-corrected chi connectivity index (χ2v) is 4.70. The SMILES string of the molecule is Cc1nn(C)c(C)c1Oc1ccc(C(C)N)cc1F. The van der Waals surface area contributed by atoms with Gasteiger partial charge in [0, 0.05) is 13.1 Å². The molecule has 0 spiro atoms. The van der Waals surface area contributed by atoms with Crippen LogP contribution in [0.4, 0.5) is 4.39 Å². The van der Waals surface area contributed by atoms with Gasteiger partial charge in [0.15, 0.2) is 17.3 Å². The highest BCUT2D eigenvalue weighted by Gasteiger charge is 2.14. The third kappa shape index (κ3) is 2.61. The Balaban J connectivity index is 2.34. The molecule has 0 saturated carbocycles. The second kappa shape index (κ2) is 5.01. The summed E-state index contributed by atoms with van der Waals surface area (Å²) in [5, 5.41) is 4.23. The van der Waals surface area contributed by atoms with E-state index >= 15 is 0 Å². The zero-order chi connectivity index (χ0) is 14.2. The van der Waals surface area contributed by atoms with Crippen LogP contribution in [0.25, 0.3) is 0 Å². The van der Waals surface area contributed by atoms with Gasteiger partial charge in [-0.2, -0.15) is 5.10 Å². The van der Waals surface area contributed by atoms with Crippen molar-refractivity contribution >= 4 is 0 Å². The smallest absolute Gasteiger partial charge is 0.171 e. The second-order valence-electron chi connectivity index (χ2n) is 4.70. The maximum absolute atomic E-state index is 14.0. The molecule has 0 fully saturated rings. The van der Waals surface area contributed by atoms with Crippen LogP contribution in [0.2, 0.25) is 0 Å². The fourth-order valence-electron chi connectivity index (χ4n) is 1.89. The van der Waals surface area contributed by atoms with E-state index in [1.807, 2.05) is 27.8 Å². The molecule has 0 aliphatic carbocycles. The number of rotatable bonds is 3. The third-order valence-corrected chi connectivity index (χ3v) is 3.14. The Morgan fingerprint density at radius 3 is 2.53 bits per heavy atom. The van der Waals surface area contributed by atoms with Crippen LogP contribution in [0.5, 0.6) is 11.5 Å². The van der Waals surface area contributed by atoms with Crippen LogP contribution in [0.3, 0.4) is 0 Å². The molecule has 19 heavy (non-hydrogen) atoms. The largest absolute Gasteiger partial charge is 0.450 e. The number of nitrogens with zero attached hydrogens (tertiary/aromatic N) is 2. The molecule has 1 atom stereocenters. The minimum atomic E-state index is -0.419. The lowest BCUT2D eigenvalue weighted by atomic mass is 10.1. The summed E-state index contributed by atoms with van der Waals surface area (Å²) in [5.41, 5.74) is 8.04. The lowest BCUT2D eigenvalue weighted by Gasteiger charge is -2.10. The highest BCUT2D eigenvalue weighted by atomic mass is 19.1. The van der Waals surface area contributed by atoms with Gasteiger partial charge in [-0.1, -0.05) is 6.07 Å². The minimum absolute atomic E-state index is 0.184. The van der Waals surface area contributed by atoms with Crippen molar-refractivity contribution < 1.29 is 9.13 Å². The van der Waals surface area contributed by atoms with E-state index in [9.17, 15) is 4.39 Å². The van der Waals surface area contributed by atoms with Gasteiger partial charge in [0.2, 0.25) is 0 Å². The quantitative estimate of drug-likeness (QED) is 0.926. The summed E-state index contributed by atoms with van der Waals surface area (Å²) in [6, 6.07) is 4.57. The normalized spacial score (nSPS) is 12.5. The van der Waals surface area contributed by atoms with Gasteiger partial charge in [0.1, 0.15) is 5.69 Å². The summed E-state index contributed by atoms with van der Waals surface area (Å²) in [5.74, 6) is 0.357. The Morgan fingerprint density at radius 2 is 2.05 bits per heavy atom. The molecule has 2 rings (SSSR count). The van der Waals surface area contributed by atoms with E-state index in [1.54, 1.807) is 16.8 Å². The molecule has 1 heterocycles. The van der Waals surface area contributed by atoms with E-state index in [2.05, 4.69) is 5.10 Å². The third-order valence-electron chi connectivity index (χ3n) is 3.14. The predicted octanol–water partition coefficient (Wildman–Crippen LogP) is 2.99. The van der Waals surface area contributed by atoms with Gasteiger partial charge in [-0.3, -0.25) is 4.68 Å². The Bertz CT molecular complexity index is 605. The highest BCUT2D eigenvalue weighted by molar-refractivity contribution is 5.39. The lowest BCUT2D eigenvalue weighted by Crippen LogP contribution is -2.05. The molecule has 1 aromatic heterocycles. The number of ether oxygens (including phenoxy) is 1. The minimum Gasteiger partial charge on any atom is -0.450 e. The van der Waals surface area contributed by atoms with Crippen LogP contribution in [0, 0.1) is 19.7 Å². The van der Waals surface area contributed by atoms with Crippen molar-refractivity contribution in [2.75, 3.05) is 0 Å². The van der Waals surface area contributed by atoms with Crippen LogP contribution in [0.1, 0.15) is 29.9 Å². The Labute approximate surface area is 112 Å². The maximum Gasteiger partial charge on any atom is 0.171 e.